The first-order valence-electron chi connectivity index (χ1n) is 5.28. The summed E-state index contributed by atoms with van der Waals surface area (Å²) >= 11 is 1.77. The third-order valence-electron chi connectivity index (χ3n) is 2.79. The van der Waals surface area contributed by atoms with Gasteiger partial charge in [-0.1, -0.05) is 6.08 Å². The maximum Gasteiger partial charge on any atom is 0.227 e. The number of hydrogen-bond acceptors (Lipinski definition) is 2. The van der Waals surface area contributed by atoms with Crippen molar-refractivity contribution in [3.63, 3.8) is 0 Å². The van der Waals surface area contributed by atoms with E-state index in [0.29, 0.717) is 6.54 Å². The lowest BCUT2D eigenvalue weighted by atomic mass is 9.87. The van der Waals surface area contributed by atoms with Gasteiger partial charge in [-0.2, -0.15) is 0 Å². The number of thiophene rings is 1. The highest BCUT2D eigenvalue weighted by Crippen LogP contribution is 2.34. The van der Waals surface area contributed by atoms with Gasteiger partial charge in [0, 0.05) is 11.4 Å². The first-order valence-corrected chi connectivity index (χ1v) is 6.15. The second kappa shape index (κ2) is 4.62. The van der Waals surface area contributed by atoms with Crippen LogP contribution in [0.25, 0.3) is 0 Å². The van der Waals surface area contributed by atoms with Gasteiger partial charge >= 0.3 is 0 Å². The first-order chi connectivity index (χ1) is 7.33. The maximum atomic E-state index is 11.9. The number of rotatable bonds is 3. The maximum absolute atomic E-state index is 11.9. The summed E-state index contributed by atoms with van der Waals surface area (Å²) in [6, 6.07) is 2.09. The molecule has 0 saturated carbocycles. The predicted molar refractivity (Wildman–Crippen MR) is 63.2 cm³/mol. The Hall–Kier alpha value is -1.09. The van der Waals surface area contributed by atoms with E-state index in [0.717, 1.165) is 19.3 Å². The molecule has 1 heterocycles. The zero-order chi connectivity index (χ0) is 10.7. The highest BCUT2D eigenvalue weighted by atomic mass is 32.1. The lowest BCUT2D eigenvalue weighted by Gasteiger charge is -2.21. The van der Waals surface area contributed by atoms with Crippen LogP contribution in [0.4, 0.5) is 0 Å². The number of fused-ring (bicyclic) bond motifs is 1. The Balaban J connectivity index is 2.11. The molecule has 0 radical (unpaired) electrons. The van der Waals surface area contributed by atoms with E-state index in [-0.39, 0.29) is 11.8 Å². The van der Waals surface area contributed by atoms with Crippen molar-refractivity contribution in [1.29, 1.82) is 0 Å². The van der Waals surface area contributed by atoms with Gasteiger partial charge in [-0.25, -0.2) is 0 Å². The lowest BCUT2D eigenvalue weighted by Crippen LogP contribution is -2.30. The van der Waals surface area contributed by atoms with Crippen LogP contribution < -0.4 is 5.32 Å². The Labute approximate surface area is 94.0 Å². The molecule has 1 aromatic rings. The molecule has 2 rings (SSSR count). The van der Waals surface area contributed by atoms with E-state index >= 15 is 0 Å². The van der Waals surface area contributed by atoms with Crippen molar-refractivity contribution in [3.05, 3.63) is 34.5 Å². The number of hydrogen-bond donors (Lipinski definition) is 1. The molecule has 3 heteroatoms. The molecule has 80 valence electrons. The van der Waals surface area contributed by atoms with Gasteiger partial charge < -0.3 is 5.32 Å². The van der Waals surface area contributed by atoms with Crippen LogP contribution in [0.2, 0.25) is 0 Å². The summed E-state index contributed by atoms with van der Waals surface area (Å²) in [5, 5.41) is 4.97. The fraction of sp³-hybridized carbons (Fsp3) is 0.417. The molecule has 2 nitrogen and oxygen atoms in total. The van der Waals surface area contributed by atoms with Gasteiger partial charge in [-0.3, -0.25) is 4.79 Å². The Morgan fingerprint density at radius 3 is 3.40 bits per heavy atom. The summed E-state index contributed by atoms with van der Waals surface area (Å²) in [6.07, 6.45) is 4.96. The standard InChI is InChI=1S/C12H15NOS/c1-2-7-13-12(14)10-4-3-5-11-9(10)6-8-15-11/h2,6,8,10H,1,3-5,7H2,(H,13,14). The van der Waals surface area contributed by atoms with Crippen molar-refractivity contribution in [2.75, 3.05) is 6.54 Å². The minimum Gasteiger partial charge on any atom is -0.352 e. The zero-order valence-electron chi connectivity index (χ0n) is 8.66. The first kappa shape index (κ1) is 10.4. The summed E-state index contributed by atoms with van der Waals surface area (Å²) in [5.74, 6) is 0.217. The number of carbonyl (C=O) groups is 1. The normalized spacial score (nSPS) is 19.3. The Morgan fingerprint density at radius 1 is 1.73 bits per heavy atom. The summed E-state index contributed by atoms with van der Waals surface area (Å²) in [7, 11) is 0. The average molecular weight is 221 g/mol. The van der Waals surface area contributed by atoms with Crippen LogP contribution in [-0.2, 0) is 11.2 Å². The Morgan fingerprint density at radius 2 is 2.60 bits per heavy atom. The van der Waals surface area contributed by atoms with E-state index in [1.54, 1.807) is 17.4 Å². The van der Waals surface area contributed by atoms with E-state index in [9.17, 15) is 4.79 Å². The zero-order valence-corrected chi connectivity index (χ0v) is 9.48. The molecule has 1 aliphatic rings. The number of nitrogens with one attached hydrogen (secondary N) is 1. The van der Waals surface area contributed by atoms with Crippen LogP contribution >= 0.6 is 11.3 Å². The van der Waals surface area contributed by atoms with Crippen LogP contribution in [0.5, 0.6) is 0 Å². The van der Waals surface area contributed by atoms with Crippen LogP contribution in [0.3, 0.4) is 0 Å². The monoisotopic (exact) mass is 221 g/mol. The molecule has 1 atom stereocenters. The number of amides is 1. The third kappa shape index (κ3) is 2.12. The molecular weight excluding hydrogens is 206 g/mol. The highest BCUT2D eigenvalue weighted by molar-refractivity contribution is 7.10. The largest absolute Gasteiger partial charge is 0.352 e. The third-order valence-corrected chi connectivity index (χ3v) is 3.79. The van der Waals surface area contributed by atoms with Crippen LogP contribution in [0, 0.1) is 0 Å². The summed E-state index contributed by atoms with van der Waals surface area (Å²) < 4.78 is 0. The second-order valence-electron chi connectivity index (χ2n) is 3.78. The summed E-state index contributed by atoms with van der Waals surface area (Å²) in [5.41, 5.74) is 1.24. The smallest absolute Gasteiger partial charge is 0.227 e. The van der Waals surface area contributed by atoms with Crippen LogP contribution in [-0.4, -0.2) is 12.5 Å². The van der Waals surface area contributed by atoms with Crippen molar-refractivity contribution in [3.8, 4) is 0 Å². The average Bonchev–Trinajstić information content (AvgIpc) is 2.73. The molecular formula is C12H15NOS. The minimum atomic E-state index is 0.0694. The molecule has 1 aliphatic carbocycles. The lowest BCUT2D eigenvalue weighted by molar-refractivity contribution is -0.122. The fourth-order valence-electron chi connectivity index (χ4n) is 2.05. The molecule has 1 amide bonds. The molecule has 1 unspecified atom stereocenters. The molecule has 0 spiro atoms. The van der Waals surface area contributed by atoms with Crippen molar-refractivity contribution in [2.45, 2.75) is 25.2 Å². The second-order valence-corrected chi connectivity index (χ2v) is 4.78. The van der Waals surface area contributed by atoms with Crippen molar-refractivity contribution in [1.82, 2.24) is 5.32 Å². The van der Waals surface area contributed by atoms with E-state index in [1.807, 2.05) is 0 Å². The molecule has 0 bridgehead atoms. The summed E-state index contributed by atoms with van der Waals surface area (Å²) in [6.45, 7) is 4.16. The molecule has 1 aromatic heterocycles. The Kier molecular flexibility index (Phi) is 3.21. The molecule has 0 aliphatic heterocycles. The van der Waals surface area contributed by atoms with E-state index in [1.165, 1.54) is 10.4 Å². The molecule has 0 aromatic carbocycles. The molecule has 0 fully saturated rings. The SMILES string of the molecule is C=CCNC(=O)C1CCCc2sccc21. The summed E-state index contributed by atoms with van der Waals surface area (Å²) in [4.78, 5) is 13.3. The molecule has 0 saturated heterocycles. The predicted octanol–water partition coefficient (Wildman–Crippen LogP) is 2.47. The number of aryl methyl sites for hydroxylation is 1. The van der Waals surface area contributed by atoms with Gasteiger partial charge in [0.1, 0.15) is 0 Å². The fourth-order valence-corrected chi connectivity index (χ4v) is 3.04. The van der Waals surface area contributed by atoms with Crippen LogP contribution in [0.15, 0.2) is 24.1 Å². The van der Waals surface area contributed by atoms with Gasteiger partial charge in [-0.05, 0) is 36.3 Å². The topological polar surface area (TPSA) is 29.1 Å². The molecule has 1 N–H and O–H groups in total. The van der Waals surface area contributed by atoms with Gasteiger partial charge in [0.25, 0.3) is 0 Å². The van der Waals surface area contributed by atoms with Gasteiger partial charge in [0.2, 0.25) is 5.91 Å². The van der Waals surface area contributed by atoms with E-state index in [2.05, 4.69) is 23.3 Å². The van der Waals surface area contributed by atoms with E-state index in [4.69, 9.17) is 0 Å². The highest BCUT2D eigenvalue weighted by Gasteiger charge is 2.26. The van der Waals surface area contributed by atoms with Gasteiger partial charge in [0.05, 0.1) is 5.92 Å². The quantitative estimate of drug-likeness (QED) is 0.781. The molecule has 15 heavy (non-hydrogen) atoms. The van der Waals surface area contributed by atoms with Gasteiger partial charge in [-0.15, -0.1) is 17.9 Å². The van der Waals surface area contributed by atoms with Crippen molar-refractivity contribution in [2.24, 2.45) is 0 Å². The number of carbonyl (C=O) groups excluding carboxylic acids is 1. The van der Waals surface area contributed by atoms with Crippen LogP contribution in [0.1, 0.15) is 29.2 Å². The minimum absolute atomic E-state index is 0.0694. The Bertz CT molecular complexity index is 369. The van der Waals surface area contributed by atoms with E-state index < -0.39 is 0 Å². The van der Waals surface area contributed by atoms with Crippen molar-refractivity contribution < 1.29 is 4.79 Å². The van der Waals surface area contributed by atoms with Gasteiger partial charge in [0.15, 0.2) is 0 Å². The van der Waals surface area contributed by atoms with Crippen molar-refractivity contribution >= 4 is 17.2 Å².